The summed E-state index contributed by atoms with van der Waals surface area (Å²) in [6, 6.07) is 14.8. The van der Waals surface area contributed by atoms with E-state index in [0.29, 0.717) is 5.92 Å². The van der Waals surface area contributed by atoms with Gasteiger partial charge in [0.2, 0.25) is 11.8 Å². The van der Waals surface area contributed by atoms with E-state index in [1.807, 2.05) is 49.9 Å². The molecule has 14 nitrogen and oxygen atoms in total. The van der Waals surface area contributed by atoms with E-state index in [2.05, 4.69) is 83.0 Å². The summed E-state index contributed by atoms with van der Waals surface area (Å²) in [7, 11) is 2.60. The Labute approximate surface area is 333 Å². The van der Waals surface area contributed by atoms with E-state index in [0.717, 1.165) is 64.6 Å². The third-order valence-electron chi connectivity index (χ3n) is 12.5. The maximum absolute atomic E-state index is 13.9. The number of nitrogens with zero attached hydrogens (tertiary/aromatic N) is 4. The standard InChI is InChI=1S/C43H54N8O6/c1-22(2)36(48-42(54)56-7)40(52)50-26(6)23(3)17-34(50)38-44-20-31(46-38)29-13-9-27(10-14-29)28-11-15-30(16-12-28)32-21-45-39(47-32)35-18-24(4)33-19-25(5)37(41(53)51(33)35)49-43(55)57-8/h9-16,20-26,33-37H,17-19H2,1-8H3,(H,44,46)(H,45,47)(H,48,54)(H,49,55)/t23-,24-,25?,26+,33+,34+,35+,36+,37+/m1/s1. The highest BCUT2D eigenvalue weighted by atomic mass is 16.5. The molecule has 57 heavy (non-hydrogen) atoms. The van der Waals surface area contributed by atoms with Gasteiger partial charge >= 0.3 is 12.2 Å². The number of imidazole rings is 2. The molecule has 3 aliphatic rings. The highest BCUT2D eigenvalue weighted by Crippen LogP contribution is 2.45. The summed E-state index contributed by atoms with van der Waals surface area (Å²) in [5.74, 6) is 1.65. The van der Waals surface area contributed by atoms with Crippen molar-refractivity contribution in [2.75, 3.05) is 14.2 Å². The van der Waals surface area contributed by atoms with E-state index >= 15 is 0 Å². The molecule has 0 spiro atoms. The Hall–Kier alpha value is -5.66. The first-order valence-electron chi connectivity index (χ1n) is 19.9. The lowest BCUT2D eigenvalue weighted by Crippen LogP contribution is -2.58. The number of hydrogen-bond acceptors (Lipinski definition) is 8. The van der Waals surface area contributed by atoms with Crippen LogP contribution in [0.4, 0.5) is 9.59 Å². The van der Waals surface area contributed by atoms with Crippen LogP contribution in [0.15, 0.2) is 60.9 Å². The van der Waals surface area contributed by atoms with Crippen molar-refractivity contribution in [3.63, 3.8) is 0 Å². The van der Waals surface area contributed by atoms with E-state index in [-0.39, 0.29) is 53.7 Å². The number of rotatable bonds is 9. The largest absolute Gasteiger partial charge is 0.453 e. The van der Waals surface area contributed by atoms with E-state index in [1.165, 1.54) is 14.2 Å². The molecule has 0 bridgehead atoms. The minimum absolute atomic E-state index is 0.00163. The molecule has 0 radical (unpaired) electrons. The van der Waals surface area contributed by atoms with Crippen LogP contribution >= 0.6 is 0 Å². The van der Waals surface area contributed by atoms with Crippen molar-refractivity contribution < 1.29 is 28.7 Å². The lowest BCUT2D eigenvalue weighted by molar-refractivity contribution is -0.142. The van der Waals surface area contributed by atoms with Gasteiger partial charge in [0, 0.05) is 12.1 Å². The first kappa shape index (κ1) is 39.6. The fourth-order valence-electron chi connectivity index (χ4n) is 9.01. The van der Waals surface area contributed by atoms with Crippen molar-refractivity contribution in [1.29, 1.82) is 0 Å². The van der Waals surface area contributed by atoms with Gasteiger partial charge in [-0.15, -0.1) is 0 Å². The number of ether oxygens (including phenoxy) is 2. The monoisotopic (exact) mass is 778 g/mol. The molecule has 2 aromatic heterocycles. The van der Waals surface area contributed by atoms with Crippen LogP contribution in [0.3, 0.4) is 0 Å². The number of methoxy groups -OCH3 is 2. The Morgan fingerprint density at radius 2 is 1.23 bits per heavy atom. The van der Waals surface area contributed by atoms with Crippen molar-refractivity contribution in [2.45, 2.75) is 97.1 Å². The number of carbonyl (C=O) groups excluding carboxylic acids is 4. The van der Waals surface area contributed by atoms with Gasteiger partial charge in [0.1, 0.15) is 23.7 Å². The van der Waals surface area contributed by atoms with Crippen LogP contribution in [0.5, 0.6) is 0 Å². The number of hydrogen-bond donors (Lipinski definition) is 4. The third kappa shape index (κ3) is 7.61. The Morgan fingerprint density at radius 3 is 1.75 bits per heavy atom. The number of amides is 4. The summed E-state index contributed by atoms with van der Waals surface area (Å²) >= 11 is 0. The quantitative estimate of drug-likeness (QED) is 0.143. The van der Waals surface area contributed by atoms with E-state index in [4.69, 9.17) is 19.4 Å². The number of aromatic amines is 2. The summed E-state index contributed by atoms with van der Waals surface area (Å²) in [5, 5.41) is 5.48. The predicted molar refractivity (Wildman–Crippen MR) is 214 cm³/mol. The smallest absolute Gasteiger partial charge is 0.407 e. The second-order valence-corrected chi connectivity index (χ2v) is 16.5. The molecule has 5 heterocycles. The summed E-state index contributed by atoms with van der Waals surface area (Å²) in [4.78, 5) is 72.0. The molecule has 3 aliphatic heterocycles. The molecular weight excluding hydrogens is 725 g/mol. The zero-order valence-corrected chi connectivity index (χ0v) is 33.9. The van der Waals surface area contributed by atoms with Gasteiger partial charge in [0.05, 0.1) is 50.1 Å². The molecule has 9 atom stereocenters. The van der Waals surface area contributed by atoms with Crippen LogP contribution in [0.2, 0.25) is 0 Å². The molecule has 4 aromatic rings. The van der Waals surface area contributed by atoms with Crippen LogP contribution in [-0.4, -0.2) is 92.1 Å². The molecule has 14 heteroatoms. The average Bonchev–Trinajstić information content (AvgIpc) is 4.02. The van der Waals surface area contributed by atoms with Gasteiger partial charge < -0.3 is 39.9 Å². The van der Waals surface area contributed by atoms with Crippen molar-refractivity contribution in [2.24, 2.45) is 23.7 Å². The number of aromatic nitrogens is 4. The third-order valence-corrected chi connectivity index (χ3v) is 12.5. The SMILES string of the molecule is COC(=O)N[C@H](C(=O)N1[C@H](c2ncc(-c3ccc(-c4ccc(-c5cnc([C@@H]6C[C@@H](C)[C@@H]7CC(C)[C@H](NC(=O)OC)C(=O)N67)[nH]5)cc4)cc3)[nH]2)C[C@@H](C)[C@@H]1C)C(C)C. The van der Waals surface area contributed by atoms with Crippen molar-refractivity contribution in [3.05, 3.63) is 72.6 Å². The summed E-state index contributed by atoms with van der Waals surface area (Å²) in [6.07, 6.45) is 4.75. The molecule has 7 rings (SSSR count). The van der Waals surface area contributed by atoms with Crippen LogP contribution in [0.1, 0.15) is 84.5 Å². The second-order valence-electron chi connectivity index (χ2n) is 16.5. The number of piperidine rings is 1. The van der Waals surface area contributed by atoms with Crippen molar-refractivity contribution in [1.82, 2.24) is 40.4 Å². The number of H-pyrrole nitrogens is 2. The molecule has 4 N–H and O–H groups in total. The van der Waals surface area contributed by atoms with Crippen LogP contribution in [0.25, 0.3) is 33.6 Å². The Balaban J connectivity index is 1.03. The molecule has 2 aromatic carbocycles. The van der Waals surface area contributed by atoms with Gasteiger partial charge in [0.25, 0.3) is 0 Å². The van der Waals surface area contributed by atoms with Crippen LogP contribution < -0.4 is 10.6 Å². The topological polar surface area (TPSA) is 175 Å². The van der Waals surface area contributed by atoms with Gasteiger partial charge in [-0.3, -0.25) is 9.59 Å². The number of fused-ring (bicyclic) bond motifs is 1. The predicted octanol–water partition coefficient (Wildman–Crippen LogP) is 6.85. The number of carbonyl (C=O) groups is 4. The number of benzene rings is 2. The van der Waals surface area contributed by atoms with Gasteiger partial charge in [-0.25, -0.2) is 19.6 Å². The van der Waals surface area contributed by atoms with Crippen LogP contribution in [-0.2, 0) is 19.1 Å². The van der Waals surface area contributed by atoms with Gasteiger partial charge in [0.15, 0.2) is 0 Å². The van der Waals surface area contributed by atoms with E-state index in [1.54, 1.807) is 0 Å². The van der Waals surface area contributed by atoms with E-state index in [9.17, 15) is 19.2 Å². The Morgan fingerprint density at radius 1 is 0.719 bits per heavy atom. The number of alkyl carbamates (subject to hydrolysis) is 2. The second kappa shape index (κ2) is 16.1. The van der Waals surface area contributed by atoms with Gasteiger partial charge in [-0.05, 0) is 72.1 Å². The molecular formula is C43H54N8O6. The lowest BCUT2D eigenvalue weighted by Gasteiger charge is -2.41. The van der Waals surface area contributed by atoms with Gasteiger partial charge in [-0.1, -0.05) is 83.1 Å². The number of likely N-dealkylation sites (tertiary alicyclic amines) is 1. The normalized spacial score (nSPS) is 26.3. The average molecular weight is 779 g/mol. The molecule has 3 saturated heterocycles. The highest BCUT2D eigenvalue weighted by molar-refractivity contribution is 5.88. The molecule has 1 unspecified atom stereocenters. The first-order valence-corrected chi connectivity index (χ1v) is 19.9. The molecule has 4 amide bonds. The fraction of sp³-hybridized carbons (Fsp3) is 0.488. The Bertz CT molecular complexity index is 2090. The first-order chi connectivity index (χ1) is 27.3. The van der Waals surface area contributed by atoms with Crippen molar-refractivity contribution >= 4 is 24.0 Å². The molecule has 0 saturated carbocycles. The molecule has 0 aliphatic carbocycles. The lowest BCUT2D eigenvalue weighted by atomic mass is 9.85. The zero-order valence-electron chi connectivity index (χ0n) is 33.9. The van der Waals surface area contributed by atoms with Crippen LogP contribution in [0, 0.1) is 23.7 Å². The van der Waals surface area contributed by atoms with E-state index < -0.39 is 24.3 Å². The summed E-state index contributed by atoms with van der Waals surface area (Å²) in [6.45, 7) is 12.2. The van der Waals surface area contributed by atoms with Gasteiger partial charge in [-0.2, -0.15) is 0 Å². The summed E-state index contributed by atoms with van der Waals surface area (Å²) < 4.78 is 9.60. The zero-order chi connectivity index (χ0) is 40.7. The minimum Gasteiger partial charge on any atom is -0.453 e. The summed E-state index contributed by atoms with van der Waals surface area (Å²) in [5.41, 5.74) is 5.79. The fourth-order valence-corrected chi connectivity index (χ4v) is 9.01. The molecule has 302 valence electrons. The maximum atomic E-state index is 13.9. The minimum atomic E-state index is -0.715. The Kier molecular flexibility index (Phi) is 11.2. The maximum Gasteiger partial charge on any atom is 0.407 e. The highest BCUT2D eigenvalue weighted by Gasteiger charge is 2.51. The molecule has 3 fully saturated rings. The number of nitrogens with one attached hydrogen (secondary N) is 4. The van der Waals surface area contributed by atoms with Crippen molar-refractivity contribution in [3.8, 4) is 33.6 Å².